The number of amides is 2. The van der Waals surface area contributed by atoms with Crippen molar-refractivity contribution in [2.45, 2.75) is 5.60 Å². The van der Waals surface area contributed by atoms with Crippen molar-refractivity contribution in [1.82, 2.24) is 5.32 Å². The molecule has 2 amide bonds. The molecule has 0 saturated carbocycles. The Bertz CT molecular complexity index is 924. The Kier molecular flexibility index (Phi) is 6.35. The highest BCUT2D eigenvalue weighted by atomic mass is 35.5. The molecule has 1 aromatic carbocycles. The Morgan fingerprint density at radius 2 is 2.04 bits per heavy atom. The summed E-state index contributed by atoms with van der Waals surface area (Å²) >= 11 is 8.74. The van der Waals surface area contributed by atoms with E-state index in [-0.39, 0.29) is 12.2 Å². The number of nitrogens with one attached hydrogen (secondary N) is 2. The van der Waals surface area contributed by atoms with Gasteiger partial charge in [0.1, 0.15) is 11.4 Å². The van der Waals surface area contributed by atoms with E-state index in [2.05, 4.69) is 10.6 Å². The predicted octanol–water partition coefficient (Wildman–Crippen LogP) is 3.46. The van der Waals surface area contributed by atoms with Crippen molar-refractivity contribution in [1.29, 1.82) is 0 Å². The highest BCUT2D eigenvalue weighted by Crippen LogP contribution is 2.33. The van der Waals surface area contributed by atoms with Crippen LogP contribution in [0.1, 0.15) is 10.4 Å². The fourth-order valence-electron chi connectivity index (χ4n) is 2.59. The first-order valence-corrected chi connectivity index (χ1v) is 10.4. The van der Waals surface area contributed by atoms with Gasteiger partial charge in [-0.1, -0.05) is 17.7 Å². The maximum Gasteiger partial charge on any atom is 0.313 e. The van der Waals surface area contributed by atoms with Gasteiger partial charge >= 0.3 is 11.8 Å². The number of hydrogen-bond acceptors (Lipinski definition) is 6. The maximum absolute atomic E-state index is 12.3. The second kappa shape index (κ2) is 8.74. The van der Waals surface area contributed by atoms with Gasteiger partial charge in [0, 0.05) is 15.5 Å². The molecule has 2 heterocycles. The molecule has 3 aromatic rings. The van der Waals surface area contributed by atoms with Gasteiger partial charge in [0.15, 0.2) is 0 Å². The minimum Gasteiger partial charge on any atom is -0.495 e. The first kappa shape index (κ1) is 20.3. The average Bonchev–Trinajstić information content (AvgIpc) is 3.40. The number of carbonyl (C=O) groups excluding carboxylic acids is 2. The van der Waals surface area contributed by atoms with E-state index < -0.39 is 17.4 Å². The Morgan fingerprint density at radius 3 is 2.68 bits per heavy atom. The van der Waals surface area contributed by atoms with E-state index in [0.717, 1.165) is 0 Å². The lowest BCUT2D eigenvalue weighted by Crippen LogP contribution is -2.44. The van der Waals surface area contributed by atoms with Gasteiger partial charge in [-0.25, -0.2) is 0 Å². The van der Waals surface area contributed by atoms with Crippen molar-refractivity contribution in [3.63, 3.8) is 0 Å². The smallest absolute Gasteiger partial charge is 0.313 e. The van der Waals surface area contributed by atoms with Crippen LogP contribution in [-0.4, -0.2) is 30.6 Å². The highest BCUT2D eigenvalue weighted by molar-refractivity contribution is 7.10. The zero-order chi connectivity index (χ0) is 20.1. The Hall–Kier alpha value is -2.39. The molecule has 6 nitrogen and oxygen atoms in total. The molecule has 0 spiro atoms. The lowest BCUT2D eigenvalue weighted by Gasteiger charge is -2.26. The van der Waals surface area contributed by atoms with Crippen LogP contribution < -0.4 is 15.4 Å². The highest BCUT2D eigenvalue weighted by Gasteiger charge is 2.34. The molecule has 0 aliphatic heterocycles. The van der Waals surface area contributed by atoms with Gasteiger partial charge in [-0.05, 0) is 46.5 Å². The number of methoxy groups -OCH3 is 1. The normalized spacial score (nSPS) is 12.8. The molecule has 0 aliphatic carbocycles. The standard InChI is InChI=1S/C19H17ClN2O4S2/c1-26-15-5-4-13(20)9-14(15)22-18(24)17(23)21-11-19(25,12-6-8-27-10-12)16-3-2-7-28-16/h2-10,25H,11H2,1H3,(H,21,23)(H,22,24)/t19-/m1/s1. The third kappa shape index (κ3) is 4.36. The maximum atomic E-state index is 12.3. The van der Waals surface area contributed by atoms with Gasteiger partial charge in [0.05, 0.1) is 19.3 Å². The summed E-state index contributed by atoms with van der Waals surface area (Å²) in [5, 5.41) is 22.1. The van der Waals surface area contributed by atoms with E-state index in [1.54, 1.807) is 24.3 Å². The molecule has 146 valence electrons. The molecule has 9 heteroatoms. The molecule has 0 saturated heterocycles. The van der Waals surface area contributed by atoms with E-state index in [1.807, 2.05) is 22.2 Å². The van der Waals surface area contributed by atoms with Crippen LogP contribution in [0.4, 0.5) is 5.69 Å². The van der Waals surface area contributed by atoms with Gasteiger partial charge in [0.25, 0.3) is 0 Å². The topological polar surface area (TPSA) is 87.7 Å². The first-order valence-electron chi connectivity index (χ1n) is 8.16. The molecular formula is C19H17ClN2O4S2. The van der Waals surface area contributed by atoms with Gasteiger partial charge in [-0.2, -0.15) is 11.3 Å². The van der Waals surface area contributed by atoms with Crippen LogP contribution in [0, 0.1) is 0 Å². The van der Waals surface area contributed by atoms with Crippen LogP contribution in [0.15, 0.2) is 52.5 Å². The van der Waals surface area contributed by atoms with Gasteiger partial charge in [0.2, 0.25) is 0 Å². The summed E-state index contributed by atoms with van der Waals surface area (Å²) in [7, 11) is 1.45. The Morgan fingerprint density at radius 1 is 1.21 bits per heavy atom. The molecule has 0 fully saturated rings. The van der Waals surface area contributed by atoms with Crippen LogP contribution in [0.25, 0.3) is 0 Å². The number of hydrogen-bond donors (Lipinski definition) is 3. The van der Waals surface area contributed by atoms with Crippen LogP contribution in [0.5, 0.6) is 5.75 Å². The minimum absolute atomic E-state index is 0.150. The summed E-state index contributed by atoms with van der Waals surface area (Å²) in [5.41, 5.74) is -0.489. The summed E-state index contributed by atoms with van der Waals surface area (Å²) in [6.45, 7) is -0.150. The van der Waals surface area contributed by atoms with Crippen molar-refractivity contribution in [2.24, 2.45) is 0 Å². The predicted molar refractivity (Wildman–Crippen MR) is 111 cm³/mol. The van der Waals surface area contributed by atoms with E-state index in [4.69, 9.17) is 16.3 Å². The first-order chi connectivity index (χ1) is 13.4. The second-order valence-corrected chi connectivity index (χ2v) is 8.00. The summed E-state index contributed by atoms with van der Waals surface area (Å²) in [6.07, 6.45) is 0. The van der Waals surface area contributed by atoms with E-state index in [1.165, 1.54) is 35.8 Å². The number of anilines is 1. The monoisotopic (exact) mass is 436 g/mol. The molecule has 1 atom stereocenters. The largest absolute Gasteiger partial charge is 0.495 e. The van der Waals surface area contributed by atoms with Gasteiger partial charge in [-0.15, -0.1) is 11.3 Å². The number of benzene rings is 1. The van der Waals surface area contributed by atoms with Crippen molar-refractivity contribution in [3.8, 4) is 5.75 Å². The third-order valence-corrected chi connectivity index (χ3v) is 5.99. The average molecular weight is 437 g/mol. The number of thiophene rings is 2. The second-order valence-electron chi connectivity index (χ2n) is 5.83. The molecule has 28 heavy (non-hydrogen) atoms. The number of aliphatic hydroxyl groups is 1. The van der Waals surface area contributed by atoms with Gasteiger partial charge in [-0.3, -0.25) is 9.59 Å². The lowest BCUT2D eigenvalue weighted by atomic mass is 9.94. The summed E-state index contributed by atoms with van der Waals surface area (Å²) in [4.78, 5) is 25.3. The molecule has 0 bridgehead atoms. The van der Waals surface area contributed by atoms with Crippen LogP contribution in [0.3, 0.4) is 0 Å². The zero-order valence-corrected chi connectivity index (χ0v) is 17.2. The van der Waals surface area contributed by atoms with Crippen molar-refractivity contribution in [2.75, 3.05) is 19.0 Å². The summed E-state index contributed by atoms with van der Waals surface area (Å²) in [5.74, 6) is -1.40. The quantitative estimate of drug-likeness (QED) is 0.516. The molecule has 0 radical (unpaired) electrons. The third-order valence-electron chi connectivity index (χ3n) is 4.05. The molecule has 0 unspecified atom stereocenters. The molecular weight excluding hydrogens is 420 g/mol. The summed E-state index contributed by atoms with van der Waals surface area (Å²) in [6, 6.07) is 10.1. The zero-order valence-electron chi connectivity index (χ0n) is 14.8. The van der Waals surface area contributed by atoms with Crippen molar-refractivity contribution in [3.05, 3.63) is 68.0 Å². The van der Waals surface area contributed by atoms with E-state index in [0.29, 0.717) is 21.2 Å². The fraction of sp³-hybridized carbons (Fsp3) is 0.158. The number of halogens is 1. The minimum atomic E-state index is -1.42. The van der Waals surface area contributed by atoms with E-state index in [9.17, 15) is 14.7 Å². The molecule has 3 N–H and O–H groups in total. The Balaban J connectivity index is 1.72. The lowest BCUT2D eigenvalue weighted by molar-refractivity contribution is -0.136. The van der Waals surface area contributed by atoms with Crippen LogP contribution >= 0.6 is 34.3 Å². The SMILES string of the molecule is COc1ccc(Cl)cc1NC(=O)C(=O)NC[C@@](O)(c1ccsc1)c1cccs1. The molecule has 3 rings (SSSR count). The number of ether oxygens (including phenoxy) is 1. The van der Waals surface area contributed by atoms with Crippen molar-refractivity contribution < 1.29 is 19.4 Å². The van der Waals surface area contributed by atoms with Crippen LogP contribution in [0.2, 0.25) is 5.02 Å². The fourth-order valence-corrected chi connectivity index (χ4v) is 4.33. The van der Waals surface area contributed by atoms with Crippen LogP contribution in [-0.2, 0) is 15.2 Å². The van der Waals surface area contributed by atoms with E-state index >= 15 is 0 Å². The number of carbonyl (C=O) groups is 2. The molecule has 2 aromatic heterocycles. The number of rotatable bonds is 6. The van der Waals surface area contributed by atoms with Gasteiger partial charge < -0.3 is 20.5 Å². The molecule has 0 aliphatic rings. The summed E-state index contributed by atoms with van der Waals surface area (Å²) < 4.78 is 5.15. The van der Waals surface area contributed by atoms with Crippen molar-refractivity contribution >= 4 is 51.8 Å². The Labute approximate surface area is 174 Å².